The molecule has 0 atom stereocenters. The number of hydrogen-bond donors (Lipinski definition) is 2. The van der Waals surface area contributed by atoms with Crippen LogP contribution in [0.3, 0.4) is 0 Å². The van der Waals surface area contributed by atoms with Crippen LogP contribution in [0.2, 0.25) is 0 Å². The third kappa shape index (κ3) is 3.95. The van der Waals surface area contributed by atoms with Gasteiger partial charge in [0, 0.05) is 43.6 Å². The van der Waals surface area contributed by atoms with Gasteiger partial charge in [-0.2, -0.15) is 5.10 Å². The van der Waals surface area contributed by atoms with Crippen LogP contribution >= 0.6 is 0 Å². The SMILES string of the molecule is CCCc1nc2c(c(=O)[nH]1)CN(Cc1cn[nH]c1-c1ccc(OC)c(OC)c1)CC2. The lowest BCUT2D eigenvalue weighted by molar-refractivity contribution is 0.241. The molecule has 0 bridgehead atoms. The number of fused-ring (bicyclic) bond motifs is 1. The van der Waals surface area contributed by atoms with Gasteiger partial charge in [-0.15, -0.1) is 0 Å². The van der Waals surface area contributed by atoms with Crippen LogP contribution in [0.5, 0.6) is 11.5 Å². The lowest BCUT2D eigenvalue weighted by Crippen LogP contribution is -2.35. The third-order valence-electron chi connectivity index (χ3n) is 5.47. The fourth-order valence-electron chi connectivity index (χ4n) is 3.94. The van der Waals surface area contributed by atoms with E-state index in [0.29, 0.717) is 24.6 Å². The van der Waals surface area contributed by atoms with Crippen LogP contribution in [-0.4, -0.2) is 45.8 Å². The zero-order chi connectivity index (χ0) is 21.1. The van der Waals surface area contributed by atoms with Crippen molar-refractivity contribution in [2.75, 3.05) is 20.8 Å². The number of aromatic amines is 2. The Kier molecular flexibility index (Phi) is 5.85. The van der Waals surface area contributed by atoms with Gasteiger partial charge in [0.15, 0.2) is 11.5 Å². The van der Waals surface area contributed by atoms with Crippen molar-refractivity contribution in [3.63, 3.8) is 0 Å². The molecule has 1 aliphatic rings. The van der Waals surface area contributed by atoms with Crippen LogP contribution in [0.1, 0.15) is 36.0 Å². The summed E-state index contributed by atoms with van der Waals surface area (Å²) < 4.78 is 10.8. The first kappa shape index (κ1) is 20.2. The van der Waals surface area contributed by atoms with Crippen molar-refractivity contribution < 1.29 is 9.47 Å². The number of hydrogen-bond acceptors (Lipinski definition) is 6. The highest BCUT2D eigenvalue weighted by atomic mass is 16.5. The highest BCUT2D eigenvalue weighted by Gasteiger charge is 2.22. The standard InChI is InChI=1S/C22H27N5O3/c1-4-5-20-24-17-8-9-27(13-16(17)22(28)25-20)12-15-11-23-26-21(15)14-6-7-18(29-2)19(10-14)30-3/h6-7,10-11H,4-5,8-9,12-13H2,1-3H3,(H,23,26)(H,24,25,28). The molecule has 0 amide bonds. The average Bonchev–Trinajstić information content (AvgIpc) is 3.22. The Bertz CT molecular complexity index is 1090. The third-order valence-corrected chi connectivity index (χ3v) is 5.47. The molecule has 0 fully saturated rings. The van der Waals surface area contributed by atoms with E-state index < -0.39 is 0 Å². The zero-order valence-corrected chi connectivity index (χ0v) is 17.6. The zero-order valence-electron chi connectivity index (χ0n) is 17.6. The van der Waals surface area contributed by atoms with E-state index in [1.165, 1.54) is 0 Å². The molecule has 0 radical (unpaired) electrons. The number of rotatable bonds is 7. The predicted molar refractivity (Wildman–Crippen MR) is 114 cm³/mol. The Morgan fingerprint density at radius 3 is 2.80 bits per heavy atom. The smallest absolute Gasteiger partial charge is 0.255 e. The second-order valence-electron chi connectivity index (χ2n) is 7.49. The topological polar surface area (TPSA) is 96.1 Å². The van der Waals surface area contributed by atoms with Gasteiger partial charge in [-0.25, -0.2) is 4.98 Å². The molecule has 0 saturated carbocycles. The number of methoxy groups -OCH3 is 2. The van der Waals surface area contributed by atoms with E-state index in [2.05, 4.69) is 32.0 Å². The van der Waals surface area contributed by atoms with Crippen molar-refractivity contribution >= 4 is 0 Å². The molecule has 1 aliphatic heterocycles. The van der Waals surface area contributed by atoms with Crippen LogP contribution in [0, 0.1) is 0 Å². The normalized spacial score (nSPS) is 13.8. The Balaban J connectivity index is 1.55. The summed E-state index contributed by atoms with van der Waals surface area (Å²) in [5, 5.41) is 7.35. The number of aryl methyl sites for hydroxylation is 1. The first-order chi connectivity index (χ1) is 14.6. The van der Waals surface area contributed by atoms with Crippen molar-refractivity contribution in [2.24, 2.45) is 0 Å². The Labute approximate surface area is 175 Å². The van der Waals surface area contributed by atoms with Gasteiger partial charge in [0.1, 0.15) is 5.82 Å². The second-order valence-corrected chi connectivity index (χ2v) is 7.49. The highest BCUT2D eigenvalue weighted by molar-refractivity contribution is 5.66. The van der Waals surface area contributed by atoms with E-state index in [4.69, 9.17) is 9.47 Å². The van der Waals surface area contributed by atoms with Gasteiger partial charge in [0.05, 0.1) is 37.4 Å². The maximum atomic E-state index is 12.6. The minimum atomic E-state index is -0.0135. The monoisotopic (exact) mass is 409 g/mol. The summed E-state index contributed by atoms with van der Waals surface area (Å²) >= 11 is 0. The molecule has 2 N–H and O–H groups in total. The van der Waals surface area contributed by atoms with E-state index in [0.717, 1.165) is 59.7 Å². The number of H-pyrrole nitrogens is 2. The Morgan fingerprint density at radius 1 is 1.20 bits per heavy atom. The fourth-order valence-corrected chi connectivity index (χ4v) is 3.94. The summed E-state index contributed by atoms with van der Waals surface area (Å²) in [5.74, 6) is 2.15. The van der Waals surface area contributed by atoms with Crippen LogP contribution in [0.4, 0.5) is 0 Å². The Hall–Kier alpha value is -3.13. The van der Waals surface area contributed by atoms with Gasteiger partial charge in [-0.1, -0.05) is 6.92 Å². The molecule has 30 heavy (non-hydrogen) atoms. The summed E-state index contributed by atoms with van der Waals surface area (Å²) in [6, 6.07) is 5.80. The lowest BCUT2D eigenvalue weighted by atomic mass is 10.0. The Morgan fingerprint density at radius 2 is 2.03 bits per heavy atom. The summed E-state index contributed by atoms with van der Waals surface area (Å²) in [6.07, 6.45) is 4.39. The van der Waals surface area contributed by atoms with Gasteiger partial charge in [-0.3, -0.25) is 14.8 Å². The molecule has 0 saturated heterocycles. The van der Waals surface area contributed by atoms with E-state index >= 15 is 0 Å². The first-order valence-electron chi connectivity index (χ1n) is 10.2. The molecular weight excluding hydrogens is 382 g/mol. The largest absolute Gasteiger partial charge is 0.493 e. The van der Waals surface area contributed by atoms with E-state index in [1.807, 2.05) is 24.4 Å². The van der Waals surface area contributed by atoms with Gasteiger partial charge in [0.2, 0.25) is 0 Å². The molecule has 1 aromatic carbocycles. The van der Waals surface area contributed by atoms with Gasteiger partial charge < -0.3 is 14.5 Å². The molecule has 8 heteroatoms. The van der Waals surface area contributed by atoms with Crippen molar-refractivity contribution in [1.29, 1.82) is 0 Å². The predicted octanol–water partition coefficient (Wildman–Crippen LogP) is 2.69. The number of aromatic nitrogens is 4. The molecule has 3 aromatic rings. The van der Waals surface area contributed by atoms with Crippen LogP contribution in [-0.2, 0) is 25.9 Å². The van der Waals surface area contributed by atoms with Crippen molar-refractivity contribution in [1.82, 2.24) is 25.1 Å². The first-order valence-corrected chi connectivity index (χ1v) is 10.2. The molecular formula is C22H27N5O3. The van der Waals surface area contributed by atoms with Crippen LogP contribution in [0.25, 0.3) is 11.3 Å². The molecule has 2 aromatic heterocycles. The minimum Gasteiger partial charge on any atom is -0.493 e. The van der Waals surface area contributed by atoms with Crippen molar-refractivity contribution in [2.45, 2.75) is 39.3 Å². The molecule has 0 aliphatic carbocycles. The summed E-state index contributed by atoms with van der Waals surface area (Å²) in [5.41, 5.74) is 4.68. The second kappa shape index (κ2) is 8.71. The summed E-state index contributed by atoms with van der Waals surface area (Å²) in [4.78, 5) is 22.4. The molecule has 8 nitrogen and oxygen atoms in total. The molecule has 158 valence electrons. The van der Waals surface area contributed by atoms with Crippen LogP contribution < -0.4 is 15.0 Å². The maximum Gasteiger partial charge on any atom is 0.255 e. The highest BCUT2D eigenvalue weighted by Crippen LogP contribution is 2.33. The summed E-state index contributed by atoms with van der Waals surface area (Å²) in [6.45, 7) is 4.21. The number of nitrogens with zero attached hydrogens (tertiary/aromatic N) is 3. The quantitative estimate of drug-likeness (QED) is 0.623. The van der Waals surface area contributed by atoms with Gasteiger partial charge >= 0.3 is 0 Å². The summed E-state index contributed by atoms with van der Waals surface area (Å²) in [7, 11) is 3.24. The van der Waals surface area contributed by atoms with Crippen LogP contribution in [0.15, 0.2) is 29.2 Å². The average molecular weight is 409 g/mol. The lowest BCUT2D eigenvalue weighted by Gasteiger charge is -2.27. The maximum absolute atomic E-state index is 12.6. The minimum absolute atomic E-state index is 0.0135. The van der Waals surface area contributed by atoms with Crippen molar-refractivity contribution in [3.8, 4) is 22.8 Å². The van der Waals surface area contributed by atoms with Gasteiger partial charge in [0.25, 0.3) is 5.56 Å². The van der Waals surface area contributed by atoms with E-state index in [-0.39, 0.29) is 5.56 Å². The molecule has 3 heterocycles. The van der Waals surface area contributed by atoms with Gasteiger partial charge in [-0.05, 0) is 24.6 Å². The van der Waals surface area contributed by atoms with E-state index in [1.54, 1.807) is 14.2 Å². The molecule has 0 unspecified atom stereocenters. The van der Waals surface area contributed by atoms with Crippen molar-refractivity contribution in [3.05, 3.63) is 57.4 Å². The van der Waals surface area contributed by atoms with E-state index in [9.17, 15) is 4.79 Å². The molecule has 0 spiro atoms. The fraction of sp³-hybridized carbons (Fsp3) is 0.409. The molecule has 4 rings (SSSR count). The number of benzene rings is 1. The number of ether oxygens (including phenoxy) is 2. The number of nitrogens with one attached hydrogen (secondary N) is 2.